The third-order valence-electron chi connectivity index (χ3n) is 3.81. The number of carbonyl (C=O) groups is 2. The van der Waals surface area contributed by atoms with E-state index in [4.69, 9.17) is 16.3 Å². The summed E-state index contributed by atoms with van der Waals surface area (Å²) in [5.74, 6) is -0.690. The topological polar surface area (TPSA) is 55.4 Å². The molecule has 0 aliphatic heterocycles. The van der Waals surface area contributed by atoms with Crippen LogP contribution < -0.4 is 5.32 Å². The van der Waals surface area contributed by atoms with Crippen molar-refractivity contribution in [2.75, 3.05) is 12.4 Å². The molecule has 0 unspecified atom stereocenters. The van der Waals surface area contributed by atoms with Gasteiger partial charge in [-0.15, -0.1) is 11.3 Å². The van der Waals surface area contributed by atoms with Crippen LogP contribution in [0, 0.1) is 0 Å². The molecule has 3 rings (SSSR count). The summed E-state index contributed by atoms with van der Waals surface area (Å²) in [4.78, 5) is 23.9. The van der Waals surface area contributed by atoms with Gasteiger partial charge in [-0.2, -0.15) is 0 Å². The molecular weight excluding hydrogens is 358 g/mol. The second-order valence-corrected chi connectivity index (χ2v) is 7.20. The molecule has 0 spiro atoms. The summed E-state index contributed by atoms with van der Waals surface area (Å²) in [7, 11) is 1.29. The first-order valence-electron chi connectivity index (χ1n) is 7.72. The van der Waals surface area contributed by atoms with Crippen molar-refractivity contribution in [1.29, 1.82) is 0 Å². The first kappa shape index (κ1) is 17.5. The molecular formula is C19H16ClNO3S. The molecule has 1 N–H and O–H groups in total. The molecule has 128 valence electrons. The second kappa shape index (κ2) is 7.68. The number of hydrogen-bond acceptors (Lipinski definition) is 4. The fourth-order valence-corrected chi connectivity index (χ4v) is 3.69. The minimum atomic E-state index is -0.520. The van der Waals surface area contributed by atoms with Gasteiger partial charge in [0.05, 0.1) is 17.0 Å². The largest absolute Gasteiger partial charge is 0.465 e. The molecule has 1 amide bonds. The summed E-state index contributed by atoms with van der Waals surface area (Å²) in [6.45, 7) is 0. The van der Waals surface area contributed by atoms with Crippen LogP contribution in [0.15, 0.2) is 48.5 Å². The molecule has 0 saturated carbocycles. The quantitative estimate of drug-likeness (QED) is 0.646. The van der Waals surface area contributed by atoms with Crippen molar-refractivity contribution in [3.8, 4) is 0 Å². The Morgan fingerprint density at radius 2 is 1.88 bits per heavy atom. The number of amides is 1. The SMILES string of the molecule is COC(=O)c1cc(Cl)sc1NC(=O)CCc1ccc2ccccc2c1. The lowest BCUT2D eigenvalue weighted by Gasteiger charge is -2.06. The molecule has 0 atom stereocenters. The number of aryl methyl sites for hydroxylation is 1. The summed E-state index contributed by atoms with van der Waals surface area (Å²) in [5.41, 5.74) is 1.36. The molecule has 6 heteroatoms. The van der Waals surface area contributed by atoms with Crippen molar-refractivity contribution in [2.24, 2.45) is 0 Å². The molecule has 0 fully saturated rings. The maximum Gasteiger partial charge on any atom is 0.340 e. The van der Waals surface area contributed by atoms with E-state index in [0.717, 1.165) is 22.3 Å². The fraction of sp³-hybridized carbons (Fsp3) is 0.158. The van der Waals surface area contributed by atoms with Crippen molar-refractivity contribution in [2.45, 2.75) is 12.8 Å². The maximum absolute atomic E-state index is 12.2. The van der Waals surface area contributed by atoms with E-state index in [9.17, 15) is 9.59 Å². The fourth-order valence-electron chi connectivity index (χ4n) is 2.56. The smallest absolute Gasteiger partial charge is 0.340 e. The third-order valence-corrected chi connectivity index (χ3v) is 4.99. The van der Waals surface area contributed by atoms with Crippen LogP contribution in [0.5, 0.6) is 0 Å². The summed E-state index contributed by atoms with van der Waals surface area (Å²) >= 11 is 7.08. The first-order chi connectivity index (χ1) is 12.1. The van der Waals surface area contributed by atoms with Gasteiger partial charge in [-0.3, -0.25) is 4.79 Å². The number of benzene rings is 2. The first-order valence-corrected chi connectivity index (χ1v) is 8.91. The van der Waals surface area contributed by atoms with E-state index >= 15 is 0 Å². The predicted molar refractivity (Wildman–Crippen MR) is 102 cm³/mol. The number of methoxy groups -OCH3 is 1. The van der Waals surface area contributed by atoms with Crippen molar-refractivity contribution in [3.05, 3.63) is 64.0 Å². The van der Waals surface area contributed by atoms with E-state index < -0.39 is 5.97 Å². The Kier molecular flexibility index (Phi) is 5.36. The predicted octanol–water partition coefficient (Wildman–Crippen LogP) is 4.91. The van der Waals surface area contributed by atoms with E-state index in [0.29, 0.717) is 22.2 Å². The van der Waals surface area contributed by atoms with Crippen LogP contribution in [0.2, 0.25) is 4.34 Å². The van der Waals surface area contributed by atoms with Gasteiger partial charge in [0.25, 0.3) is 0 Å². The van der Waals surface area contributed by atoms with Crippen molar-refractivity contribution < 1.29 is 14.3 Å². The van der Waals surface area contributed by atoms with Gasteiger partial charge in [-0.05, 0) is 28.8 Å². The highest BCUT2D eigenvalue weighted by Crippen LogP contribution is 2.32. The standard InChI is InChI=1S/C19H16ClNO3S/c1-24-19(23)15-11-16(20)25-18(15)21-17(22)9-7-12-6-8-13-4-2-3-5-14(13)10-12/h2-6,8,10-11H,7,9H2,1H3,(H,21,22). The summed E-state index contributed by atoms with van der Waals surface area (Å²) < 4.78 is 5.12. The summed E-state index contributed by atoms with van der Waals surface area (Å²) in [5, 5.41) is 5.49. The number of anilines is 1. The lowest BCUT2D eigenvalue weighted by molar-refractivity contribution is -0.116. The number of esters is 1. The average molecular weight is 374 g/mol. The Hall–Kier alpha value is -2.37. The Labute approximate surface area is 154 Å². The minimum absolute atomic E-state index is 0.170. The lowest BCUT2D eigenvalue weighted by atomic mass is 10.0. The highest BCUT2D eigenvalue weighted by atomic mass is 35.5. The number of rotatable bonds is 5. The Bertz CT molecular complexity index is 935. The van der Waals surface area contributed by atoms with Gasteiger partial charge in [-0.25, -0.2) is 4.79 Å². The Morgan fingerprint density at radius 1 is 1.12 bits per heavy atom. The number of nitrogens with one attached hydrogen (secondary N) is 1. The lowest BCUT2D eigenvalue weighted by Crippen LogP contribution is -2.14. The van der Waals surface area contributed by atoms with Gasteiger partial charge < -0.3 is 10.1 Å². The van der Waals surface area contributed by atoms with Crippen LogP contribution in [-0.4, -0.2) is 19.0 Å². The van der Waals surface area contributed by atoms with E-state index in [1.807, 2.05) is 18.2 Å². The number of fused-ring (bicyclic) bond motifs is 1. The number of carbonyl (C=O) groups excluding carboxylic acids is 2. The van der Waals surface area contributed by atoms with Crippen LogP contribution in [0.25, 0.3) is 10.8 Å². The van der Waals surface area contributed by atoms with Crippen LogP contribution in [-0.2, 0) is 16.0 Å². The zero-order valence-electron chi connectivity index (χ0n) is 13.5. The molecule has 2 aromatic carbocycles. The van der Waals surface area contributed by atoms with E-state index in [1.54, 1.807) is 0 Å². The van der Waals surface area contributed by atoms with Gasteiger partial charge in [0.15, 0.2) is 0 Å². The maximum atomic E-state index is 12.2. The Morgan fingerprint density at radius 3 is 2.64 bits per heavy atom. The summed E-state index contributed by atoms with van der Waals surface area (Å²) in [6.07, 6.45) is 0.928. The van der Waals surface area contributed by atoms with Gasteiger partial charge in [-0.1, -0.05) is 54.1 Å². The van der Waals surface area contributed by atoms with Crippen LogP contribution >= 0.6 is 22.9 Å². The van der Waals surface area contributed by atoms with E-state index in [-0.39, 0.29) is 11.5 Å². The van der Waals surface area contributed by atoms with E-state index in [1.165, 1.54) is 18.6 Å². The van der Waals surface area contributed by atoms with Gasteiger partial charge in [0.1, 0.15) is 5.00 Å². The molecule has 0 aliphatic carbocycles. The molecule has 1 heterocycles. The number of halogens is 1. The zero-order chi connectivity index (χ0) is 17.8. The number of hydrogen-bond donors (Lipinski definition) is 1. The molecule has 1 aromatic heterocycles. The van der Waals surface area contributed by atoms with Gasteiger partial charge in [0, 0.05) is 6.42 Å². The minimum Gasteiger partial charge on any atom is -0.465 e. The molecule has 0 aliphatic rings. The molecule has 0 bridgehead atoms. The molecule has 3 aromatic rings. The molecule has 0 radical (unpaired) electrons. The molecule has 4 nitrogen and oxygen atoms in total. The van der Waals surface area contributed by atoms with E-state index in [2.05, 4.69) is 29.6 Å². The monoisotopic (exact) mass is 373 g/mol. The number of ether oxygens (including phenoxy) is 1. The summed E-state index contributed by atoms with van der Waals surface area (Å²) in [6, 6.07) is 15.8. The zero-order valence-corrected chi connectivity index (χ0v) is 15.1. The number of thiophene rings is 1. The Balaban J connectivity index is 1.65. The highest BCUT2D eigenvalue weighted by molar-refractivity contribution is 7.20. The average Bonchev–Trinajstić information content (AvgIpc) is 2.99. The van der Waals surface area contributed by atoms with Gasteiger partial charge >= 0.3 is 5.97 Å². The van der Waals surface area contributed by atoms with Crippen molar-refractivity contribution in [1.82, 2.24) is 0 Å². The second-order valence-electron chi connectivity index (χ2n) is 5.51. The van der Waals surface area contributed by atoms with Crippen LogP contribution in [0.4, 0.5) is 5.00 Å². The third kappa shape index (κ3) is 4.18. The van der Waals surface area contributed by atoms with Crippen LogP contribution in [0.3, 0.4) is 0 Å². The molecule has 25 heavy (non-hydrogen) atoms. The van der Waals surface area contributed by atoms with Crippen molar-refractivity contribution in [3.63, 3.8) is 0 Å². The van der Waals surface area contributed by atoms with Gasteiger partial charge in [0.2, 0.25) is 5.91 Å². The highest BCUT2D eigenvalue weighted by Gasteiger charge is 2.18. The normalized spacial score (nSPS) is 10.6. The van der Waals surface area contributed by atoms with Crippen LogP contribution in [0.1, 0.15) is 22.3 Å². The molecule has 0 saturated heterocycles. The van der Waals surface area contributed by atoms with Crippen molar-refractivity contribution >= 4 is 50.6 Å².